The monoisotopic (exact) mass is 209 g/mol. The Kier molecular flexibility index (Phi) is 4.17. The topological polar surface area (TPSA) is 0 Å². The van der Waals surface area contributed by atoms with Crippen LogP contribution in [0.15, 0.2) is 30.3 Å². The fourth-order valence-electron chi connectivity index (χ4n) is 0.534. The van der Waals surface area contributed by atoms with Crippen molar-refractivity contribution in [3.05, 3.63) is 35.9 Å². The van der Waals surface area contributed by atoms with Gasteiger partial charge in [-0.25, -0.2) is 0 Å². The van der Waals surface area contributed by atoms with E-state index < -0.39 is 0 Å². The molecule has 0 heterocycles. The summed E-state index contributed by atoms with van der Waals surface area (Å²) < 4.78 is 0. The molecule has 1 aromatic rings. The molecule has 0 nitrogen and oxygen atoms in total. The zero-order chi connectivity index (χ0) is 5.82. The normalized spacial score (nSPS) is 7.00. The van der Waals surface area contributed by atoms with Crippen molar-refractivity contribution in [2.45, 2.75) is 0 Å². The number of hydrogen-bond donors (Lipinski definition) is 0. The Morgan fingerprint density at radius 1 is 1.11 bits per heavy atom. The van der Waals surface area contributed by atoms with Crippen LogP contribution in [-0.2, 0) is 22.4 Å². The van der Waals surface area contributed by atoms with Gasteiger partial charge in [0.1, 0.15) is 0 Å². The molecule has 0 aliphatic carbocycles. The number of benzene rings is 1. The Bertz CT molecular complexity index is 196. The minimum absolute atomic E-state index is 0. The molecular weight excluding hydrogens is 204 g/mol. The summed E-state index contributed by atoms with van der Waals surface area (Å²) in [7, 11) is 0. The summed E-state index contributed by atoms with van der Waals surface area (Å²) in [6.45, 7) is 0. The Labute approximate surface area is 70.8 Å². The van der Waals surface area contributed by atoms with Crippen molar-refractivity contribution in [1.29, 1.82) is 0 Å². The molecule has 0 amide bonds. The summed E-state index contributed by atoms with van der Waals surface area (Å²) in [5.41, 5.74) is 0.938. The third-order valence-corrected chi connectivity index (χ3v) is 0.940. The Hall–Kier alpha value is -0.480. The molecule has 1 aromatic carbocycles. The van der Waals surface area contributed by atoms with Crippen molar-refractivity contribution in [1.82, 2.24) is 0 Å². The molecule has 0 atom stereocenters. The molecule has 9 heavy (non-hydrogen) atoms. The maximum atomic E-state index is 5.10. The first-order valence-corrected chi connectivity index (χ1v) is 2.45. The average molecular weight is 210 g/mol. The van der Waals surface area contributed by atoms with E-state index in [1.807, 2.05) is 30.3 Å². The van der Waals surface area contributed by atoms with E-state index in [1.54, 1.807) is 0 Å². The summed E-state index contributed by atoms with van der Waals surface area (Å²) in [5.74, 6) is 2.53. The van der Waals surface area contributed by atoms with Crippen LogP contribution in [0.3, 0.4) is 0 Å². The quantitative estimate of drug-likeness (QED) is 0.451. The summed E-state index contributed by atoms with van der Waals surface area (Å²) in [6.07, 6.45) is 5.10. The van der Waals surface area contributed by atoms with Crippen LogP contribution in [0.1, 0.15) is 5.56 Å². The van der Waals surface area contributed by atoms with Crippen molar-refractivity contribution < 1.29 is 22.4 Å². The molecule has 0 aliphatic heterocycles. The number of terminal acetylenes is 1. The molecule has 0 aliphatic rings. The van der Waals surface area contributed by atoms with Crippen LogP contribution in [0.4, 0.5) is 0 Å². The van der Waals surface area contributed by atoms with Crippen molar-refractivity contribution in [3.63, 3.8) is 0 Å². The van der Waals surface area contributed by atoms with Crippen molar-refractivity contribution in [2.24, 2.45) is 0 Å². The van der Waals surface area contributed by atoms with E-state index in [9.17, 15) is 0 Å². The molecular formula is C8H6Ag. The molecule has 0 bridgehead atoms. The van der Waals surface area contributed by atoms with Gasteiger partial charge in [-0.2, -0.15) is 0 Å². The first-order chi connectivity index (χ1) is 3.93. The van der Waals surface area contributed by atoms with Gasteiger partial charge in [-0.1, -0.05) is 24.1 Å². The smallest absolute Gasteiger partial charge is 0.0242 e. The Morgan fingerprint density at radius 3 is 2.00 bits per heavy atom. The molecule has 0 N–H and O–H groups in total. The van der Waals surface area contributed by atoms with Gasteiger partial charge in [0.25, 0.3) is 0 Å². The second-order valence-electron chi connectivity index (χ2n) is 1.51. The maximum absolute atomic E-state index is 5.10. The first kappa shape index (κ1) is 8.52. The van der Waals surface area contributed by atoms with Gasteiger partial charge in [-0.05, 0) is 12.1 Å². The fraction of sp³-hybridized carbons (Fsp3) is 0. The molecule has 0 unspecified atom stereocenters. The summed E-state index contributed by atoms with van der Waals surface area (Å²) in [6, 6.07) is 9.60. The second kappa shape index (κ2) is 4.40. The molecule has 0 saturated carbocycles. The van der Waals surface area contributed by atoms with Crippen molar-refractivity contribution in [3.8, 4) is 12.3 Å². The van der Waals surface area contributed by atoms with E-state index in [-0.39, 0.29) is 22.4 Å². The fourth-order valence-corrected chi connectivity index (χ4v) is 0.534. The minimum atomic E-state index is 0. The molecule has 1 radical (unpaired) electrons. The summed E-state index contributed by atoms with van der Waals surface area (Å²) >= 11 is 0. The van der Waals surface area contributed by atoms with Gasteiger partial charge in [0.2, 0.25) is 0 Å². The van der Waals surface area contributed by atoms with Crippen LogP contribution in [-0.4, -0.2) is 0 Å². The molecule has 49 valence electrons. The molecule has 0 aromatic heterocycles. The summed E-state index contributed by atoms with van der Waals surface area (Å²) in [4.78, 5) is 0. The van der Waals surface area contributed by atoms with E-state index in [2.05, 4.69) is 5.92 Å². The van der Waals surface area contributed by atoms with Crippen LogP contribution in [0.2, 0.25) is 0 Å². The molecule has 0 fully saturated rings. The summed E-state index contributed by atoms with van der Waals surface area (Å²) in [5, 5.41) is 0. The van der Waals surface area contributed by atoms with Crippen LogP contribution in [0.25, 0.3) is 0 Å². The van der Waals surface area contributed by atoms with Crippen molar-refractivity contribution >= 4 is 0 Å². The van der Waals surface area contributed by atoms with E-state index in [0.29, 0.717) is 0 Å². The van der Waals surface area contributed by atoms with Crippen LogP contribution < -0.4 is 0 Å². The van der Waals surface area contributed by atoms with Gasteiger partial charge >= 0.3 is 0 Å². The molecule has 0 spiro atoms. The van der Waals surface area contributed by atoms with Gasteiger partial charge < -0.3 is 0 Å². The zero-order valence-corrected chi connectivity index (χ0v) is 6.25. The van der Waals surface area contributed by atoms with Gasteiger partial charge in [0.05, 0.1) is 0 Å². The third kappa shape index (κ3) is 2.53. The van der Waals surface area contributed by atoms with E-state index in [4.69, 9.17) is 6.42 Å². The molecule has 1 heteroatoms. The standard InChI is InChI=1S/C8H6.Ag/c1-2-8-6-4-3-5-7-8;/h1,3-7H;. The van der Waals surface area contributed by atoms with E-state index >= 15 is 0 Å². The van der Waals surface area contributed by atoms with Gasteiger partial charge in [-0.15, -0.1) is 6.42 Å². The Morgan fingerprint density at radius 2 is 1.67 bits per heavy atom. The molecule has 1 rings (SSSR count). The second-order valence-corrected chi connectivity index (χ2v) is 1.51. The minimum Gasteiger partial charge on any atom is -0.115 e. The van der Waals surface area contributed by atoms with Gasteiger partial charge in [-0.3, -0.25) is 0 Å². The molecule has 0 saturated heterocycles. The zero-order valence-electron chi connectivity index (χ0n) is 4.77. The van der Waals surface area contributed by atoms with Gasteiger partial charge in [0.15, 0.2) is 0 Å². The van der Waals surface area contributed by atoms with Crippen LogP contribution in [0, 0.1) is 12.3 Å². The third-order valence-electron chi connectivity index (χ3n) is 0.940. The largest absolute Gasteiger partial charge is 0.115 e. The van der Waals surface area contributed by atoms with Crippen LogP contribution in [0.5, 0.6) is 0 Å². The van der Waals surface area contributed by atoms with Crippen molar-refractivity contribution in [2.75, 3.05) is 0 Å². The SMILES string of the molecule is C#Cc1ccccc1.[Ag]. The Balaban J connectivity index is 0.000000640. The predicted octanol–water partition coefficient (Wildman–Crippen LogP) is 1.67. The van der Waals surface area contributed by atoms with E-state index in [0.717, 1.165) is 5.56 Å². The van der Waals surface area contributed by atoms with Crippen LogP contribution >= 0.6 is 0 Å². The van der Waals surface area contributed by atoms with Gasteiger partial charge in [0, 0.05) is 27.9 Å². The predicted molar refractivity (Wildman–Crippen MR) is 34.4 cm³/mol. The number of rotatable bonds is 0. The number of hydrogen-bond acceptors (Lipinski definition) is 0. The average Bonchev–Trinajstić information content (AvgIpc) is 1.90. The maximum Gasteiger partial charge on any atom is 0.0242 e. The first-order valence-electron chi connectivity index (χ1n) is 2.45. The van der Waals surface area contributed by atoms with E-state index in [1.165, 1.54) is 0 Å².